The van der Waals surface area contributed by atoms with E-state index >= 15 is 0 Å². The summed E-state index contributed by atoms with van der Waals surface area (Å²) in [5, 5.41) is 21.5. The first-order chi connectivity index (χ1) is 13.6. The van der Waals surface area contributed by atoms with Gasteiger partial charge in [0.15, 0.2) is 0 Å². The molecule has 0 heterocycles. The molecule has 5 heteroatoms. The molecule has 4 nitrogen and oxygen atoms in total. The number of aliphatic carboxylic acids is 2. The van der Waals surface area contributed by atoms with Crippen LogP contribution in [0.2, 0.25) is 0 Å². The summed E-state index contributed by atoms with van der Waals surface area (Å²) < 4.78 is 0. The van der Waals surface area contributed by atoms with Gasteiger partial charge in [0.25, 0.3) is 0 Å². The molecule has 0 aliphatic carbocycles. The van der Waals surface area contributed by atoms with Crippen LogP contribution < -0.4 is 10.2 Å². The zero-order chi connectivity index (χ0) is 20.9. The SMILES string of the molecule is CCCCCCCCCCCCCCCCCCC(CCCC(=O)[O-])C(=O)[O-].[Ca+2]. The van der Waals surface area contributed by atoms with Crippen LogP contribution >= 0.6 is 0 Å². The predicted octanol–water partition coefficient (Wildman–Crippen LogP) is 4.54. The molecule has 1 atom stereocenters. The summed E-state index contributed by atoms with van der Waals surface area (Å²) in [6.45, 7) is 2.26. The normalized spacial score (nSPS) is 11.8. The number of carbonyl (C=O) groups is 2. The zero-order valence-electron chi connectivity index (χ0n) is 19.1. The second-order valence-electron chi connectivity index (χ2n) is 8.37. The van der Waals surface area contributed by atoms with Crippen molar-refractivity contribution in [1.29, 1.82) is 0 Å². The third kappa shape index (κ3) is 24.3. The van der Waals surface area contributed by atoms with E-state index in [9.17, 15) is 19.8 Å². The molecule has 0 saturated heterocycles. The van der Waals surface area contributed by atoms with Crippen LogP contribution in [0.4, 0.5) is 0 Å². The van der Waals surface area contributed by atoms with Crippen LogP contribution in [0.1, 0.15) is 135 Å². The van der Waals surface area contributed by atoms with Gasteiger partial charge in [-0.3, -0.25) is 0 Å². The van der Waals surface area contributed by atoms with E-state index in [2.05, 4.69) is 6.92 Å². The Morgan fingerprint density at radius 1 is 0.586 bits per heavy atom. The first-order valence-electron chi connectivity index (χ1n) is 12.0. The number of rotatable bonds is 22. The number of unbranched alkanes of at least 4 members (excludes halogenated alkanes) is 15. The molecule has 29 heavy (non-hydrogen) atoms. The monoisotopic (exact) mass is 436 g/mol. The third-order valence-electron chi connectivity index (χ3n) is 5.67. The van der Waals surface area contributed by atoms with E-state index in [0.29, 0.717) is 19.3 Å². The maximum Gasteiger partial charge on any atom is 2.00 e. The minimum atomic E-state index is -1.11. The maximum atomic E-state index is 11.1. The molecule has 1 unspecified atom stereocenters. The molecule has 0 spiro atoms. The summed E-state index contributed by atoms with van der Waals surface area (Å²) >= 11 is 0. The smallest absolute Gasteiger partial charge is 0.550 e. The van der Waals surface area contributed by atoms with Crippen molar-refractivity contribution >= 4 is 49.7 Å². The van der Waals surface area contributed by atoms with Gasteiger partial charge < -0.3 is 19.8 Å². The molecule has 0 aliphatic heterocycles. The molecule has 0 bridgehead atoms. The van der Waals surface area contributed by atoms with Gasteiger partial charge in [-0.15, -0.1) is 0 Å². The number of carboxylic acid groups (broad SMARTS) is 2. The third-order valence-corrected chi connectivity index (χ3v) is 5.67. The fraction of sp³-hybridized carbons (Fsp3) is 0.917. The fourth-order valence-corrected chi connectivity index (χ4v) is 3.81. The van der Waals surface area contributed by atoms with Crippen molar-refractivity contribution in [2.24, 2.45) is 5.92 Å². The average Bonchev–Trinajstić information content (AvgIpc) is 2.65. The van der Waals surface area contributed by atoms with Crippen LogP contribution in [0, 0.1) is 5.92 Å². The summed E-state index contributed by atoms with van der Waals surface area (Å²) in [6.07, 6.45) is 22.1. The Labute approximate surface area is 209 Å². The van der Waals surface area contributed by atoms with Crippen molar-refractivity contribution in [3.63, 3.8) is 0 Å². The van der Waals surface area contributed by atoms with Crippen molar-refractivity contribution < 1.29 is 19.8 Å². The standard InChI is InChI=1S/C24H46O4.Ca/c1-2-3-4-5-6-7-8-9-10-11-12-13-14-15-16-17-19-22(24(27)28)20-18-21-23(25)26;/h22H,2-21H2,1H3,(H,25,26)(H,27,28);/q;+2/p-2. The van der Waals surface area contributed by atoms with E-state index in [0.717, 1.165) is 19.3 Å². The van der Waals surface area contributed by atoms with Gasteiger partial charge in [0.1, 0.15) is 0 Å². The molecular formula is C24H44CaO4. The van der Waals surface area contributed by atoms with Crippen LogP contribution in [0.5, 0.6) is 0 Å². The van der Waals surface area contributed by atoms with Crippen LogP contribution in [0.15, 0.2) is 0 Å². The molecule has 0 N–H and O–H groups in total. The Hall–Kier alpha value is 0.200. The first kappa shape index (κ1) is 31.4. The Morgan fingerprint density at radius 3 is 1.28 bits per heavy atom. The Kier molecular flexibility index (Phi) is 26.5. The van der Waals surface area contributed by atoms with Crippen molar-refractivity contribution in [3.8, 4) is 0 Å². The van der Waals surface area contributed by atoms with Gasteiger partial charge in [-0.05, 0) is 31.6 Å². The molecule has 166 valence electrons. The van der Waals surface area contributed by atoms with E-state index in [4.69, 9.17) is 0 Å². The van der Waals surface area contributed by atoms with E-state index in [1.54, 1.807) is 0 Å². The van der Waals surface area contributed by atoms with Crippen molar-refractivity contribution in [3.05, 3.63) is 0 Å². The van der Waals surface area contributed by atoms with Crippen molar-refractivity contribution in [2.45, 2.75) is 135 Å². The molecule has 0 aromatic rings. The van der Waals surface area contributed by atoms with Crippen LogP contribution in [-0.4, -0.2) is 49.7 Å². The minimum absolute atomic E-state index is 0. The minimum Gasteiger partial charge on any atom is -0.550 e. The van der Waals surface area contributed by atoms with Gasteiger partial charge in [-0.1, -0.05) is 110 Å². The van der Waals surface area contributed by atoms with Crippen LogP contribution in [-0.2, 0) is 9.59 Å². The molecule has 0 aliphatic rings. The quantitative estimate of drug-likeness (QED) is 0.184. The molecule has 0 aromatic carbocycles. The Morgan fingerprint density at radius 2 is 0.931 bits per heavy atom. The molecule has 0 aromatic heterocycles. The molecule has 0 radical (unpaired) electrons. The topological polar surface area (TPSA) is 80.3 Å². The van der Waals surface area contributed by atoms with Gasteiger partial charge in [0.2, 0.25) is 0 Å². The average molecular weight is 437 g/mol. The van der Waals surface area contributed by atoms with Crippen LogP contribution in [0.3, 0.4) is 0 Å². The zero-order valence-corrected chi connectivity index (χ0v) is 21.3. The van der Waals surface area contributed by atoms with Crippen LogP contribution in [0.25, 0.3) is 0 Å². The molecule has 0 rings (SSSR count). The fourth-order valence-electron chi connectivity index (χ4n) is 3.81. The second kappa shape index (κ2) is 24.5. The summed E-state index contributed by atoms with van der Waals surface area (Å²) in [5.74, 6) is -2.66. The summed E-state index contributed by atoms with van der Waals surface area (Å²) in [5.41, 5.74) is 0. The summed E-state index contributed by atoms with van der Waals surface area (Å²) in [4.78, 5) is 21.5. The number of carboxylic acids is 2. The van der Waals surface area contributed by atoms with Gasteiger partial charge in [-0.2, -0.15) is 0 Å². The molecule has 0 fully saturated rings. The van der Waals surface area contributed by atoms with E-state index in [-0.39, 0.29) is 44.2 Å². The van der Waals surface area contributed by atoms with Crippen molar-refractivity contribution in [2.75, 3.05) is 0 Å². The van der Waals surface area contributed by atoms with Gasteiger partial charge in [0, 0.05) is 11.9 Å². The largest absolute Gasteiger partial charge is 2.00 e. The first-order valence-corrected chi connectivity index (χ1v) is 12.0. The Bertz CT molecular complexity index is 374. The van der Waals surface area contributed by atoms with E-state index in [1.807, 2.05) is 0 Å². The molecular weight excluding hydrogens is 392 g/mol. The Balaban J connectivity index is 0. The van der Waals surface area contributed by atoms with E-state index < -0.39 is 17.9 Å². The van der Waals surface area contributed by atoms with Gasteiger partial charge >= 0.3 is 37.7 Å². The summed E-state index contributed by atoms with van der Waals surface area (Å²) in [6, 6.07) is 0. The summed E-state index contributed by atoms with van der Waals surface area (Å²) in [7, 11) is 0. The number of carbonyl (C=O) groups excluding carboxylic acids is 2. The molecule has 0 amide bonds. The van der Waals surface area contributed by atoms with Crippen molar-refractivity contribution in [1.82, 2.24) is 0 Å². The number of hydrogen-bond donors (Lipinski definition) is 0. The maximum absolute atomic E-state index is 11.1. The molecule has 0 saturated carbocycles. The second-order valence-corrected chi connectivity index (χ2v) is 8.37. The predicted molar refractivity (Wildman–Crippen MR) is 117 cm³/mol. The number of hydrogen-bond acceptors (Lipinski definition) is 4. The van der Waals surface area contributed by atoms with Gasteiger partial charge in [-0.25, -0.2) is 0 Å². The van der Waals surface area contributed by atoms with E-state index in [1.165, 1.54) is 83.5 Å². The van der Waals surface area contributed by atoms with Gasteiger partial charge in [0.05, 0.1) is 0 Å².